The number of aromatic hydroxyl groups is 1. The summed E-state index contributed by atoms with van der Waals surface area (Å²) in [6.07, 6.45) is 0.857. The van der Waals surface area contributed by atoms with Crippen molar-refractivity contribution >= 4 is 0 Å². The van der Waals surface area contributed by atoms with Crippen molar-refractivity contribution in [2.45, 2.75) is 19.9 Å². The fraction of sp³-hybridized carbons (Fsp3) is 0.455. The quantitative estimate of drug-likeness (QED) is 0.494. The normalized spacial score (nSPS) is 10.2. The van der Waals surface area contributed by atoms with Crippen molar-refractivity contribution in [1.82, 2.24) is 5.32 Å². The molecule has 0 unspecified atom stereocenters. The molecule has 0 saturated heterocycles. The molecule has 0 atom stereocenters. The highest BCUT2D eigenvalue weighted by Crippen LogP contribution is 2.17. The molecule has 4 heteroatoms. The maximum atomic E-state index is 9.61. The van der Waals surface area contributed by atoms with Gasteiger partial charge in [0.25, 0.3) is 0 Å². The van der Waals surface area contributed by atoms with Crippen LogP contribution in [0.25, 0.3) is 0 Å². The smallest absolute Gasteiger partial charge is 0.120 e. The first-order valence-corrected chi connectivity index (χ1v) is 5.06. The Hall–Kier alpha value is -1.42. The highest BCUT2D eigenvalue weighted by atomic mass is 16.3. The molecule has 3 N–H and O–H groups in total. The number of hydrogen-bond acceptors (Lipinski definition) is 4. The first-order chi connectivity index (χ1) is 7.24. The molecule has 15 heavy (non-hydrogen) atoms. The van der Waals surface area contributed by atoms with Crippen LogP contribution >= 0.6 is 0 Å². The first-order valence-electron chi connectivity index (χ1n) is 5.06. The topological polar surface area (TPSA) is 68.5 Å². The van der Waals surface area contributed by atoms with E-state index in [-0.39, 0.29) is 0 Å². The fourth-order valence-electron chi connectivity index (χ4n) is 1.33. The third-order valence-corrected chi connectivity index (χ3v) is 2.18. The summed E-state index contributed by atoms with van der Waals surface area (Å²) in [5, 5.41) is 16.1. The molecule has 0 aliphatic rings. The van der Waals surface area contributed by atoms with E-state index in [0.29, 0.717) is 18.8 Å². The van der Waals surface area contributed by atoms with Crippen LogP contribution in [-0.2, 0) is 6.54 Å². The largest absolute Gasteiger partial charge is 0.508 e. The second-order valence-electron chi connectivity index (χ2n) is 3.54. The van der Waals surface area contributed by atoms with Crippen LogP contribution in [-0.4, -0.2) is 18.2 Å². The lowest BCUT2D eigenvalue weighted by Gasteiger charge is -2.06. The van der Waals surface area contributed by atoms with Gasteiger partial charge in [-0.3, -0.25) is 0 Å². The summed E-state index contributed by atoms with van der Waals surface area (Å²) in [6.45, 7) is 3.99. The lowest BCUT2D eigenvalue weighted by molar-refractivity contribution is 0.464. The Bertz CT molecular complexity index is 326. The molecule has 1 rings (SSSR count). The van der Waals surface area contributed by atoms with E-state index in [1.54, 1.807) is 6.07 Å². The summed E-state index contributed by atoms with van der Waals surface area (Å²) in [5.41, 5.74) is 8.58. The molecule has 0 spiro atoms. The van der Waals surface area contributed by atoms with E-state index in [1.165, 1.54) is 0 Å². The van der Waals surface area contributed by atoms with Crippen molar-refractivity contribution in [2.75, 3.05) is 13.1 Å². The van der Waals surface area contributed by atoms with Gasteiger partial charge in [-0.2, -0.15) is 5.11 Å². The third-order valence-electron chi connectivity index (χ3n) is 2.18. The molecule has 0 fully saturated rings. The molecule has 0 aromatic heterocycles. The molecular formula is C11H17N3O. The van der Waals surface area contributed by atoms with Crippen molar-refractivity contribution in [2.24, 2.45) is 5.11 Å². The van der Waals surface area contributed by atoms with Crippen LogP contribution in [0.15, 0.2) is 23.3 Å². The number of rotatable bonds is 6. The van der Waals surface area contributed by atoms with Crippen molar-refractivity contribution in [3.63, 3.8) is 0 Å². The third kappa shape index (κ3) is 4.08. The molecule has 82 valence electrons. The van der Waals surface area contributed by atoms with Gasteiger partial charge in [-0.1, -0.05) is 12.1 Å². The van der Waals surface area contributed by atoms with E-state index in [0.717, 1.165) is 24.1 Å². The number of hydrogen-bond donors (Lipinski definition) is 3. The Kier molecular flexibility index (Phi) is 4.77. The molecule has 0 radical (unpaired) electrons. The molecule has 0 aliphatic heterocycles. The maximum Gasteiger partial charge on any atom is 0.120 e. The number of benzene rings is 1. The lowest BCUT2D eigenvalue weighted by atomic mass is 10.1. The van der Waals surface area contributed by atoms with E-state index in [2.05, 4.69) is 10.4 Å². The van der Waals surface area contributed by atoms with Gasteiger partial charge >= 0.3 is 0 Å². The van der Waals surface area contributed by atoms with Gasteiger partial charge in [-0.25, -0.2) is 5.53 Å². The average Bonchev–Trinajstić information content (AvgIpc) is 2.20. The number of aryl methyl sites for hydroxylation is 1. The Labute approximate surface area is 89.8 Å². The van der Waals surface area contributed by atoms with Gasteiger partial charge in [0.2, 0.25) is 0 Å². The van der Waals surface area contributed by atoms with Crippen molar-refractivity contribution in [3.05, 3.63) is 29.3 Å². The Morgan fingerprint density at radius 2 is 2.27 bits per heavy atom. The summed E-state index contributed by atoms with van der Waals surface area (Å²) >= 11 is 0. The van der Waals surface area contributed by atoms with E-state index in [9.17, 15) is 5.11 Å². The number of phenols is 1. The number of nitrogens with zero attached hydrogens (tertiary/aromatic N) is 1. The van der Waals surface area contributed by atoms with Crippen molar-refractivity contribution < 1.29 is 5.11 Å². The molecule has 0 bridgehead atoms. The first kappa shape index (κ1) is 11.7. The zero-order chi connectivity index (χ0) is 11.1. The van der Waals surface area contributed by atoms with Crippen molar-refractivity contribution in [1.29, 1.82) is 5.53 Å². The SMILES string of the molecule is Cc1ccc(CNCCCN=N)c(O)c1. The Morgan fingerprint density at radius 1 is 1.47 bits per heavy atom. The van der Waals surface area contributed by atoms with Crippen LogP contribution in [0.4, 0.5) is 0 Å². The minimum Gasteiger partial charge on any atom is -0.508 e. The Morgan fingerprint density at radius 3 is 2.93 bits per heavy atom. The Balaban J connectivity index is 2.34. The summed E-state index contributed by atoms with van der Waals surface area (Å²) in [5.74, 6) is 0.340. The zero-order valence-corrected chi connectivity index (χ0v) is 8.95. The highest BCUT2D eigenvalue weighted by molar-refractivity contribution is 5.35. The lowest BCUT2D eigenvalue weighted by Crippen LogP contribution is -2.15. The second kappa shape index (κ2) is 6.14. The number of nitrogens with one attached hydrogen (secondary N) is 2. The van der Waals surface area contributed by atoms with Gasteiger partial charge in [-0.05, 0) is 31.5 Å². The van der Waals surface area contributed by atoms with Crippen LogP contribution in [0, 0.1) is 12.5 Å². The molecular weight excluding hydrogens is 190 g/mol. The van der Waals surface area contributed by atoms with Crippen LogP contribution in [0.5, 0.6) is 5.75 Å². The minimum atomic E-state index is 0.340. The summed E-state index contributed by atoms with van der Waals surface area (Å²) in [7, 11) is 0. The highest BCUT2D eigenvalue weighted by Gasteiger charge is 1.99. The summed E-state index contributed by atoms with van der Waals surface area (Å²) in [4.78, 5) is 0. The van der Waals surface area contributed by atoms with E-state index < -0.39 is 0 Å². The van der Waals surface area contributed by atoms with Gasteiger partial charge in [-0.15, -0.1) is 0 Å². The van der Waals surface area contributed by atoms with E-state index in [1.807, 2.05) is 19.1 Å². The van der Waals surface area contributed by atoms with Crippen LogP contribution in [0.3, 0.4) is 0 Å². The molecule has 0 aliphatic carbocycles. The van der Waals surface area contributed by atoms with Crippen LogP contribution in [0.1, 0.15) is 17.5 Å². The second-order valence-corrected chi connectivity index (χ2v) is 3.54. The predicted molar refractivity (Wildman–Crippen MR) is 59.2 cm³/mol. The molecule has 0 amide bonds. The van der Waals surface area contributed by atoms with E-state index >= 15 is 0 Å². The summed E-state index contributed by atoms with van der Waals surface area (Å²) < 4.78 is 0. The molecule has 0 saturated carbocycles. The fourth-order valence-corrected chi connectivity index (χ4v) is 1.33. The van der Waals surface area contributed by atoms with Gasteiger partial charge < -0.3 is 10.4 Å². The standard InChI is InChI=1S/C11H17N3O/c1-9-3-4-10(11(15)7-9)8-13-5-2-6-14-12/h3-4,7,12-13,15H,2,5-6,8H2,1H3. The minimum absolute atomic E-state index is 0.340. The number of phenolic OH excluding ortho intramolecular Hbond substituents is 1. The maximum absolute atomic E-state index is 9.61. The van der Waals surface area contributed by atoms with Crippen molar-refractivity contribution in [3.8, 4) is 5.75 Å². The zero-order valence-electron chi connectivity index (χ0n) is 8.95. The van der Waals surface area contributed by atoms with Crippen LogP contribution < -0.4 is 5.32 Å². The molecule has 1 aromatic rings. The van der Waals surface area contributed by atoms with E-state index in [4.69, 9.17) is 5.53 Å². The van der Waals surface area contributed by atoms with Gasteiger partial charge in [0.15, 0.2) is 0 Å². The van der Waals surface area contributed by atoms with Gasteiger partial charge in [0.05, 0.1) is 6.54 Å². The molecule has 1 aromatic carbocycles. The average molecular weight is 207 g/mol. The summed E-state index contributed by atoms with van der Waals surface area (Å²) in [6, 6.07) is 5.67. The molecule has 4 nitrogen and oxygen atoms in total. The van der Waals surface area contributed by atoms with Gasteiger partial charge in [0.1, 0.15) is 5.75 Å². The molecule has 0 heterocycles. The van der Waals surface area contributed by atoms with Gasteiger partial charge in [0, 0.05) is 12.1 Å². The predicted octanol–water partition coefficient (Wildman–Crippen LogP) is 2.21. The van der Waals surface area contributed by atoms with Crippen LogP contribution in [0.2, 0.25) is 0 Å². The monoisotopic (exact) mass is 207 g/mol.